The highest BCUT2D eigenvalue weighted by molar-refractivity contribution is 6.30. The van der Waals surface area contributed by atoms with Crippen LogP contribution < -0.4 is 5.32 Å². The van der Waals surface area contributed by atoms with Gasteiger partial charge in [-0.2, -0.15) is 0 Å². The molecular formula is C16H14ClN3O. The maximum absolute atomic E-state index is 12.5. The van der Waals surface area contributed by atoms with E-state index in [0.29, 0.717) is 18.7 Å². The van der Waals surface area contributed by atoms with Gasteiger partial charge in [0.2, 0.25) is 0 Å². The second-order valence-electron chi connectivity index (χ2n) is 5.45. The third-order valence-corrected chi connectivity index (χ3v) is 4.54. The Kier molecular flexibility index (Phi) is 2.77. The number of benzene rings is 1. The Labute approximate surface area is 127 Å². The topological polar surface area (TPSA) is 45.2 Å². The van der Waals surface area contributed by atoms with Crippen molar-refractivity contribution in [1.29, 1.82) is 0 Å². The van der Waals surface area contributed by atoms with E-state index in [1.165, 1.54) is 0 Å². The molecule has 5 heteroatoms. The molecule has 2 aliphatic heterocycles. The van der Waals surface area contributed by atoms with Gasteiger partial charge in [0, 0.05) is 36.3 Å². The number of fused-ring (bicyclic) bond motifs is 3. The highest BCUT2D eigenvalue weighted by Crippen LogP contribution is 2.40. The number of hydrogen-bond donors (Lipinski definition) is 1. The maximum Gasteiger partial charge on any atom is 0.274 e. The third kappa shape index (κ3) is 1.79. The van der Waals surface area contributed by atoms with Crippen LogP contribution in [0.25, 0.3) is 0 Å². The molecule has 1 saturated heterocycles. The minimum atomic E-state index is -0.464. The van der Waals surface area contributed by atoms with Crippen molar-refractivity contribution in [2.75, 3.05) is 13.1 Å². The van der Waals surface area contributed by atoms with Crippen molar-refractivity contribution in [3.63, 3.8) is 0 Å². The molecule has 0 aliphatic carbocycles. The van der Waals surface area contributed by atoms with Gasteiger partial charge in [-0.1, -0.05) is 29.8 Å². The molecular weight excluding hydrogens is 286 g/mol. The van der Waals surface area contributed by atoms with Gasteiger partial charge in [0.1, 0.15) is 11.4 Å². The van der Waals surface area contributed by atoms with E-state index in [1.807, 2.05) is 41.3 Å². The zero-order valence-corrected chi connectivity index (χ0v) is 12.1. The molecule has 0 bridgehead atoms. The normalized spacial score (nSPS) is 23.3. The summed E-state index contributed by atoms with van der Waals surface area (Å²) in [4.78, 5) is 18.7. The molecule has 1 unspecified atom stereocenters. The molecule has 0 spiro atoms. The Morgan fingerprint density at radius 1 is 1.29 bits per heavy atom. The van der Waals surface area contributed by atoms with Crippen molar-refractivity contribution in [3.05, 3.63) is 64.4 Å². The lowest BCUT2D eigenvalue weighted by Gasteiger charge is -2.32. The van der Waals surface area contributed by atoms with E-state index < -0.39 is 5.66 Å². The molecule has 2 aliphatic rings. The molecule has 1 aromatic heterocycles. The van der Waals surface area contributed by atoms with Crippen LogP contribution in [0.3, 0.4) is 0 Å². The molecule has 3 heterocycles. The number of carbonyl (C=O) groups excluding carboxylic acids is 1. The predicted octanol–water partition coefficient (Wildman–Crippen LogP) is 2.19. The SMILES string of the molecule is O=C1c2ncccc2C2(Cc3ccc(Cl)cc3)NCCN12. The lowest BCUT2D eigenvalue weighted by atomic mass is 9.93. The summed E-state index contributed by atoms with van der Waals surface area (Å²) in [7, 11) is 0. The Morgan fingerprint density at radius 3 is 2.90 bits per heavy atom. The van der Waals surface area contributed by atoms with Gasteiger partial charge >= 0.3 is 0 Å². The van der Waals surface area contributed by atoms with Crippen molar-refractivity contribution in [2.45, 2.75) is 12.1 Å². The fraction of sp³-hybridized carbons (Fsp3) is 0.250. The van der Waals surface area contributed by atoms with Crippen molar-refractivity contribution >= 4 is 17.5 Å². The molecule has 106 valence electrons. The lowest BCUT2D eigenvalue weighted by Crippen LogP contribution is -2.47. The molecule has 1 fully saturated rings. The van der Waals surface area contributed by atoms with Crippen LogP contribution >= 0.6 is 11.6 Å². The maximum atomic E-state index is 12.5. The molecule has 4 nitrogen and oxygen atoms in total. The number of rotatable bonds is 2. The van der Waals surface area contributed by atoms with E-state index in [1.54, 1.807) is 6.20 Å². The van der Waals surface area contributed by atoms with E-state index in [4.69, 9.17) is 11.6 Å². The van der Waals surface area contributed by atoms with Gasteiger partial charge in [-0.3, -0.25) is 15.1 Å². The van der Waals surface area contributed by atoms with Gasteiger partial charge in [0.15, 0.2) is 0 Å². The van der Waals surface area contributed by atoms with E-state index >= 15 is 0 Å². The van der Waals surface area contributed by atoms with Crippen LogP contribution in [0.5, 0.6) is 0 Å². The number of amides is 1. The molecule has 1 atom stereocenters. The third-order valence-electron chi connectivity index (χ3n) is 4.29. The van der Waals surface area contributed by atoms with Crippen molar-refractivity contribution in [3.8, 4) is 0 Å². The predicted molar refractivity (Wildman–Crippen MR) is 80.1 cm³/mol. The van der Waals surface area contributed by atoms with E-state index in [2.05, 4.69) is 10.3 Å². The summed E-state index contributed by atoms with van der Waals surface area (Å²) < 4.78 is 0. The minimum absolute atomic E-state index is 0.0181. The molecule has 1 N–H and O–H groups in total. The number of carbonyl (C=O) groups is 1. The lowest BCUT2D eigenvalue weighted by molar-refractivity contribution is 0.0628. The van der Waals surface area contributed by atoms with Crippen molar-refractivity contribution in [1.82, 2.24) is 15.2 Å². The first-order chi connectivity index (χ1) is 10.2. The van der Waals surface area contributed by atoms with Crippen LogP contribution in [-0.2, 0) is 12.1 Å². The average molecular weight is 300 g/mol. The molecule has 2 aromatic rings. The quantitative estimate of drug-likeness (QED) is 0.924. The molecule has 1 aromatic carbocycles. The number of nitrogens with zero attached hydrogens (tertiary/aromatic N) is 2. The zero-order chi connectivity index (χ0) is 14.4. The number of hydrogen-bond acceptors (Lipinski definition) is 3. The summed E-state index contributed by atoms with van der Waals surface area (Å²) in [5.74, 6) is 0.0181. The Hall–Kier alpha value is -1.91. The van der Waals surface area contributed by atoms with E-state index in [9.17, 15) is 4.79 Å². The van der Waals surface area contributed by atoms with Crippen LogP contribution in [0.1, 0.15) is 21.6 Å². The Morgan fingerprint density at radius 2 is 2.10 bits per heavy atom. The smallest absolute Gasteiger partial charge is 0.274 e. The summed E-state index contributed by atoms with van der Waals surface area (Å²) in [6.45, 7) is 1.51. The summed E-state index contributed by atoms with van der Waals surface area (Å²) in [5, 5.41) is 4.23. The average Bonchev–Trinajstić information content (AvgIpc) is 3.01. The van der Waals surface area contributed by atoms with Crippen LogP contribution in [0.15, 0.2) is 42.6 Å². The molecule has 1 amide bonds. The summed E-state index contributed by atoms with van der Waals surface area (Å²) >= 11 is 5.95. The fourth-order valence-corrected chi connectivity index (χ4v) is 3.49. The number of aromatic nitrogens is 1. The second-order valence-corrected chi connectivity index (χ2v) is 5.88. The summed E-state index contributed by atoms with van der Waals surface area (Å²) in [6.07, 6.45) is 2.39. The summed E-state index contributed by atoms with van der Waals surface area (Å²) in [5.41, 5.74) is 2.22. The second kappa shape index (κ2) is 4.55. The first kappa shape index (κ1) is 12.8. The van der Waals surface area contributed by atoms with Crippen LogP contribution in [0.4, 0.5) is 0 Å². The number of pyridine rings is 1. The standard InChI is InChI=1S/C16H14ClN3O/c17-12-5-3-11(4-6-12)10-16-13-2-1-7-18-14(13)15(21)20(16)9-8-19-16/h1-7,19H,8-10H2. The van der Waals surface area contributed by atoms with Crippen molar-refractivity contribution in [2.24, 2.45) is 0 Å². The van der Waals surface area contributed by atoms with Gasteiger partial charge in [0.05, 0.1) is 0 Å². The highest BCUT2D eigenvalue weighted by Gasteiger charge is 2.52. The van der Waals surface area contributed by atoms with Gasteiger partial charge in [-0.05, 0) is 23.8 Å². The van der Waals surface area contributed by atoms with Gasteiger partial charge in [-0.15, -0.1) is 0 Å². The monoisotopic (exact) mass is 299 g/mol. The highest BCUT2D eigenvalue weighted by atomic mass is 35.5. The van der Waals surface area contributed by atoms with Gasteiger partial charge in [0.25, 0.3) is 5.91 Å². The zero-order valence-electron chi connectivity index (χ0n) is 11.3. The van der Waals surface area contributed by atoms with Crippen LogP contribution in [0.2, 0.25) is 5.02 Å². The fourth-order valence-electron chi connectivity index (χ4n) is 3.36. The Balaban J connectivity index is 1.81. The Bertz CT molecular complexity index is 716. The molecule has 0 saturated carbocycles. The van der Waals surface area contributed by atoms with Crippen LogP contribution in [0, 0.1) is 0 Å². The minimum Gasteiger partial charge on any atom is -0.313 e. The number of nitrogens with one attached hydrogen (secondary N) is 1. The first-order valence-corrected chi connectivity index (χ1v) is 7.35. The largest absolute Gasteiger partial charge is 0.313 e. The van der Waals surface area contributed by atoms with E-state index in [-0.39, 0.29) is 5.91 Å². The first-order valence-electron chi connectivity index (χ1n) is 6.98. The van der Waals surface area contributed by atoms with E-state index in [0.717, 1.165) is 22.7 Å². The molecule has 21 heavy (non-hydrogen) atoms. The molecule has 0 radical (unpaired) electrons. The summed E-state index contributed by atoms with van der Waals surface area (Å²) in [6, 6.07) is 11.7. The molecule has 4 rings (SSSR count). The van der Waals surface area contributed by atoms with Gasteiger partial charge < -0.3 is 4.90 Å². The van der Waals surface area contributed by atoms with Gasteiger partial charge in [-0.25, -0.2) is 0 Å². The van der Waals surface area contributed by atoms with Crippen LogP contribution in [-0.4, -0.2) is 28.9 Å². The number of halogens is 1. The van der Waals surface area contributed by atoms with Crippen molar-refractivity contribution < 1.29 is 4.79 Å².